The van der Waals surface area contributed by atoms with Crippen molar-refractivity contribution in [3.05, 3.63) is 72.4 Å². The summed E-state index contributed by atoms with van der Waals surface area (Å²) in [6.07, 6.45) is 0.746. The van der Waals surface area contributed by atoms with Crippen molar-refractivity contribution in [2.24, 2.45) is 0 Å². The molecule has 0 atom stereocenters. The third-order valence-electron chi connectivity index (χ3n) is 2.90. The summed E-state index contributed by atoms with van der Waals surface area (Å²) >= 11 is 0. The second-order valence-corrected chi connectivity index (χ2v) is 4.31. The van der Waals surface area contributed by atoms with E-state index in [2.05, 4.69) is 10.4 Å². The van der Waals surface area contributed by atoms with E-state index in [1.54, 1.807) is 10.7 Å². The number of carbonyl (C=O) groups is 1. The van der Waals surface area contributed by atoms with E-state index in [-0.39, 0.29) is 0 Å². The molecule has 4 nitrogen and oxygen atoms in total. The number of rotatable bonds is 4. The molecule has 98 valence electrons. The molecule has 1 heterocycles. The van der Waals surface area contributed by atoms with Crippen LogP contribution >= 0.6 is 0 Å². The first kappa shape index (κ1) is 12.2. The first-order valence-electron chi connectivity index (χ1n) is 6.29. The lowest BCUT2D eigenvalue weighted by Crippen LogP contribution is -2.02. The Hall–Kier alpha value is -2.88. The maximum Gasteiger partial charge on any atom is 0.170 e. The van der Waals surface area contributed by atoms with Gasteiger partial charge in [-0.25, -0.2) is 4.68 Å². The van der Waals surface area contributed by atoms with Crippen LogP contribution in [-0.2, 0) is 0 Å². The molecule has 0 spiro atoms. The average Bonchev–Trinajstić information content (AvgIpc) is 2.92. The average molecular weight is 263 g/mol. The quantitative estimate of drug-likeness (QED) is 0.733. The topological polar surface area (TPSA) is 46.9 Å². The van der Waals surface area contributed by atoms with Gasteiger partial charge >= 0.3 is 0 Å². The Morgan fingerprint density at radius 3 is 2.25 bits per heavy atom. The van der Waals surface area contributed by atoms with Crippen LogP contribution in [0, 0.1) is 0 Å². The smallest absolute Gasteiger partial charge is 0.170 e. The van der Waals surface area contributed by atoms with E-state index < -0.39 is 0 Å². The van der Waals surface area contributed by atoms with Gasteiger partial charge in [0.25, 0.3) is 0 Å². The first-order chi connectivity index (χ1) is 9.86. The van der Waals surface area contributed by atoms with Gasteiger partial charge in [-0.3, -0.25) is 4.79 Å². The number of hydrogen-bond donors (Lipinski definition) is 1. The molecule has 0 aliphatic heterocycles. The fourth-order valence-corrected chi connectivity index (χ4v) is 1.98. The Balaban J connectivity index is 2.02. The number of hydrogen-bond acceptors (Lipinski definition) is 3. The van der Waals surface area contributed by atoms with E-state index in [4.69, 9.17) is 0 Å². The highest BCUT2D eigenvalue weighted by Gasteiger charge is 2.09. The van der Waals surface area contributed by atoms with Gasteiger partial charge in [0.2, 0.25) is 0 Å². The fourth-order valence-electron chi connectivity index (χ4n) is 1.98. The largest absolute Gasteiger partial charge is 0.340 e. The van der Waals surface area contributed by atoms with Gasteiger partial charge in [0.05, 0.1) is 5.69 Å². The molecule has 0 saturated carbocycles. The highest BCUT2D eigenvalue weighted by Crippen LogP contribution is 2.20. The monoisotopic (exact) mass is 263 g/mol. The molecule has 3 rings (SSSR count). The molecule has 2 aromatic carbocycles. The standard InChI is InChI=1S/C16H13N3O/c20-12-14-11-16(17-13-7-3-1-4-8-13)19(18-14)15-9-5-2-6-10-15/h1-12,17H. The summed E-state index contributed by atoms with van der Waals surface area (Å²) in [7, 11) is 0. The second-order valence-electron chi connectivity index (χ2n) is 4.31. The van der Waals surface area contributed by atoms with E-state index in [9.17, 15) is 4.79 Å². The summed E-state index contributed by atoms with van der Waals surface area (Å²) < 4.78 is 1.72. The minimum absolute atomic E-state index is 0.396. The Bertz CT molecular complexity index is 705. The maximum atomic E-state index is 11.0. The molecule has 4 heteroatoms. The van der Waals surface area contributed by atoms with Crippen LogP contribution in [0.1, 0.15) is 10.5 Å². The lowest BCUT2D eigenvalue weighted by atomic mass is 10.3. The van der Waals surface area contributed by atoms with Gasteiger partial charge in [0.1, 0.15) is 11.5 Å². The summed E-state index contributed by atoms with van der Waals surface area (Å²) in [5.41, 5.74) is 2.24. The van der Waals surface area contributed by atoms with Crippen molar-refractivity contribution in [2.75, 3.05) is 5.32 Å². The molecule has 0 unspecified atom stereocenters. The van der Waals surface area contributed by atoms with Gasteiger partial charge in [-0.15, -0.1) is 0 Å². The van der Waals surface area contributed by atoms with Crippen LogP contribution < -0.4 is 5.32 Å². The first-order valence-corrected chi connectivity index (χ1v) is 6.29. The van der Waals surface area contributed by atoms with Crippen molar-refractivity contribution < 1.29 is 4.79 Å². The SMILES string of the molecule is O=Cc1cc(Nc2ccccc2)n(-c2ccccc2)n1. The van der Waals surface area contributed by atoms with Crippen LogP contribution in [0.5, 0.6) is 0 Å². The molecule has 0 aliphatic carbocycles. The fraction of sp³-hybridized carbons (Fsp3) is 0. The molecule has 0 saturated heterocycles. The van der Waals surface area contributed by atoms with Gasteiger partial charge in [-0.1, -0.05) is 36.4 Å². The number of aldehydes is 1. The number of aromatic nitrogens is 2. The van der Waals surface area contributed by atoms with E-state index in [0.717, 1.165) is 23.5 Å². The summed E-state index contributed by atoms with van der Waals surface area (Å²) in [4.78, 5) is 11.0. The van der Waals surface area contributed by atoms with Gasteiger partial charge in [0, 0.05) is 11.8 Å². The molecule has 20 heavy (non-hydrogen) atoms. The van der Waals surface area contributed by atoms with Crippen molar-refractivity contribution in [3.63, 3.8) is 0 Å². The number of nitrogens with zero attached hydrogens (tertiary/aromatic N) is 2. The Morgan fingerprint density at radius 2 is 1.60 bits per heavy atom. The summed E-state index contributed by atoms with van der Waals surface area (Å²) in [6, 6.07) is 21.2. The maximum absolute atomic E-state index is 11.0. The number of anilines is 2. The summed E-state index contributed by atoms with van der Waals surface area (Å²) in [5.74, 6) is 0.754. The van der Waals surface area contributed by atoms with Gasteiger partial charge < -0.3 is 5.32 Å². The van der Waals surface area contributed by atoms with Gasteiger partial charge in [-0.2, -0.15) is 5.10 Å². The minimum Gasteiger partial charge on any atom is -0.340 e. The van der Waals surface area contributed by atoms with Crippen molar-refractivity contribution in [1.82, 2.24) is 9.78 Å². The molecule has 0 radical (unpaired) electrons. The Kier molecular flexibility index (Phi) is 3.29. The van der Waals surface area contributed by atoms with Crippen LogP contribution in [-0.4, -0.2) is 16.1 Å². The summed E-state index contributed by atoms with van der Waals surface area (Å²) in [6.45, 7) is 0. The molecule has 0 fully saturated rings. The zero-order valence-corrected chi connectivity index (χ0v) is 10.7. The lowest BCUT2D eigenvalue weighted by molar-refractivity contribution is 0.111. The van der Waals surface area contributed by atoms with E-state index in [1.807, 2.05) is 60.7 Å². The Labute approximate surface area is 116 Å². The normalized spacial score (nSPS) is 10.2. The number of para-hydroxylation sites is 2. The third kappa shape index (κ3) is 2.44. The van der Waals surface area contributed by atoms with Crippen molar-refractivity contribution in [1.29, 1.82) is 0 Å². The van der Waals surface area contributed by atoms with Crippen LogP contribution in [0.15, 0.2) is 66.7 Å². The number of nitrogens with one attached hydrogen (secondary N) is 1. The Morgan fingerprint density at radius 1 is 0.950 bits per heavy atom. The van der Waals surface area contributed by atoms with Gasteiger partial charge in [-0.05, 0) is 24.3 Å². The molecule has 1 aromatic heterocycles. The predicted octanol–water partition coefficient (Wildman–Crippen LogP) is 3.43. The van der Waals surface area contributed by atoms with Crippen molar-refractivity contribution >= 4 is 17.8 Å². The molecular formula is C16H13N3O. The predicted molar refractivity (Wildman–Crippen MR) is 78.7 cm³/mol. The number of benzene rings is 2. The van der Waals surface area contributed by atoms with Crippen molar-refractivity contribution in [3.8, 4) is 5.69 Å². The highest BCUT2D eigenvalue weighted by atomic mass is 16.1. The van der Waals surface area contributed by atoms with Crippen LogP contribution in [0.25, 0.3) is 5.69 Å². The zero-order valence-electron chi connectivity index (χ0n) is 10.7. The third-order valence-corrected chi connectivity index (χ3v) is 2.90. The number of carbonyl (C=O) groups excluding carboxylic acids is 1. The van der Waals surface area contributed by atoms with E-state index in [0.29, 0.717) is 5.69 Å². The minimum atomic E-state index is 0.396. The van der Waals surface area contributed by atoms with Gasteiger partial charge in [0.15, 0.2) is 6.29 Å². The van der Waals surface area contributed by atoms with Crippen LogP contribution in [0.4, 0.5) is 11.5 Å². The highest BCUT2D eigenvalue weighted by molar-refractivity contribution is 5.75. The molecule has 3 aromatic rings. The summed E-state index contributed by atoms with van der Waals surface area (Å²) in [5, 5.41) is 7.55. The van der Waals surface area contributed by atoms with Crippen molar-refractivity contribution in [2.45, 2.75) is 0 Å². The van der Waals surface area contributed by atoms with Crippen LogP contribution in [0.2, 0.25) is 0 Å². The van der Waals surface area contributed by atoms with Crippen LogP contribution in [0.3, 0.4) is 0 Å². The van der Waals surface area contributed by atoms with E-state index in [1.165, 1.54) is 0 Å². The lowest BCUT2D eigenvalue weighted by Gasteiger charge is -2.09. The van der Waals surface area contributed by atoms with E-state index >= 15 is 0 Å². The molecule has 0 amide bonds. The molecule has 0 bridgehead atoms. The zero-order chi connectivity index (χ0) is 13.8. The second kappa shape index (κ2) is 5.40. The molecule has 0 aliphatic rings. The molecule has 1 N–H and O–H groups in total. The molecular weight excluding hydrogens is 250 g/mol.